The highest BCUT2D eigenvalue weighted by molar-refractivity contribution is 5.28. The van der Waals surface area contributed by atoms with E-state index < -0.39 is 0 Å². The zero-order valence-corrected chi connectivity index (χ0v) is 12.8. The van der Waals surface area contributed by atoms with Gasteiger partial charge in [-0.3, -0.25) is 0 Å². The van der Waals surface area contributed by atoms with Crippen molar-refractivity contribution in [2.45, 2.75) is 26.3 Å². The number of hydrogen-bond donors (Lipinski definition) is 1. The summed E-state index contributed by atoms with van der Waals surface area (Å²) in [7, 11) is 3.81. The number of aryl methyl sites for hydroxylation is 1. The molecule has 1 atom stereocenters. The maximum Gasteiger partial charge on any atom is 0.0589 e. The van der Waals surface area contributed by atoms with Crippen LogP contribution in [0.3, 0.4) is 0 Å². The fraction of sp³-hybridized carbons (Fsp3) is 0.625. The summed E-state index contributed by atoms with van der Waals surface area (Å²) in [4.78, 5) is 2.44. The second-order valence-corrected chi connectivity index (χ2v) is 4.91. The third-order valence-electron chi connectivity index (χ3n) is 3.71. The molecular formula is C16H28N2O. The molecule has 0 aliphatic rings. The summed E-state index contributed by atoms with van der Waals surface area (Å²) in [6.45, 7) is 8.38. The van der Waals surface area contributed by atoms with E-state index in [1.54, 1.807) is 7.11 Å². The van der Waals surface area contributed by atoms with Crippen LogP contribution in [0.2, 0.25) is 0 Å². The number of likely N-dealkylation sites (N-methyl/N-ethyl adjacent to an activating group) is 1. The van der Waals surface area contributed by atoms with E-state index in [-0.39, 0.29) is 0 Å². The van der Waals surface area contributed by atoms with Crippen LogP contribution in [0.15, 0.2) is 24.3 Å². The maximum atomic E-state index is 5.15. The number of benzene rings is 1. The van der Waals surface area contributed by atoms with Gasteiger partial charge < -0.3 is 15.0 Å². The molecule has 3 heteroatoms. The summed E-state index contributed by atoms with van der Waals surface area (Å²) in [6.07, 6.45) is 1.12. The first-order chi connectivity index (χ1) is 9.22. The maximum absolute atomic E-state index is 5.15. The van der Waals surface area contributed by atoms with E-state index in [0.29, 0.717) is 6.04 Å². The van der Waals surface area contributed by atoms with Gasteiger partial charge in [-0.15, -0.1) is 0 Å². The zero-order chi connectivity index (χ0) is 14.1. The molecule has 0 bridgehead atoms. The van der Waals surface area contributed by atoms with Crippen molar-refractivity contribution in [3.05, 3.63) is 35.4 Å². The van der Waals surface area contributed by atoms with Crippen LogP contribution in [-0.2, 0) is 4.74 Å². The number of hydrogen-bond acceptors (Lipinski definition) is 3. The molecular weight excluding hydrogens is 236 g/mol. The minimum atomic E-state index is 0.429. The van der Waals surface area contributed by atoms with E-state index in [4.69, 9.17) is 4.74 Å². The molecule has 0 spiro atoms. The fourth-order valence-electron chi connectivity index (χ4n) is 2.39. The molecule has 0 amide bonds. The standard InChI is InChI=1S/C16H28N2O/c1-5-18(12-13-19-4)11-10-16(17-3)15-9-7-6-8-14(15)2/h6-9,16-17H,5,10-13H2,1-4H3. The number of nitrogens with zero attached hydrogens (tertiary/aromatic N) is 1. The Kier molecular flexibility index (Phi) is 7.72. The highest BCUT2D eigenvalue weighted by Crippen LogP contribution is 2.20. The lowest BCUT2D eigenvalue weighted by atomic mass is 9.99. The second-order valence-electron chi connectivity index (χ2n) is 4.91. The molecule has 3 nitrogen and oxygen atoms in total. The Hall–Kier alpha value is -0.900. The minimum absolute atomic E-state index is 0.429. The van der Waals surface area contributed by atoms with E-state index in [2.05, 4.69) is 48.3 Å². The van der Waals surface area contributed by atoms with Gasteiger partial charge in [-0.25, -0.2) is 0 Å². The van der Waals surface area contributed by atoms with Gasteiger partial charge >= 0.3 is 0 Å². The third-order valence-corrected chi connectivity index (χ3v) is 3.71. The molecule has 0 heterocycles. The van der Waals surface area contributed by atoms with Crippen molar-refractivity contribution >= 4 is 0 Å². The molecule has 108 valence electrons. The average Bonchev–Trinajstić information content (AvgIpc) is 2.44. The molecule has 0 saturated heterocycles. The van der Waals surface area contributed by atoms with Crippen molar-refractivity contribution in [1.29, 1.82) is 0 Å². The first-order valence-electron chi connectivity index (χ1n) is 7.17. The van der Waals surface area contributed by atoms with Crippen LogP contribution in [0.1, 0.15) is 30.5 Å². The Balaban J connectivity index is 2.55. The largest absolute Gasteiger partial charge is 0.383 e. The Morgan fingerprint density at radius 2 is 2.00 bits per heavy atom. The Bertz CT molecular complexity index is 354. The molecule has 1 N–H and O–H groups in total. The Morgan fingerprint density at radius 1 is 1.26 bits per heavy atom. The van der Waals surface area contributed by atoms with Gasteiger partial charge in [-0.05, 0) is 38.1 Å². The van der Waals surface area contributed by atoms with Gasteiger partial charge in [0, 0.05) is 26.2 Å². The molecule has 19 heavy (non-hydrogen) atoms. The van der Waals surface area contributed by atoms with Gasteiger partial charge in [-0.1, -0.05) is 31.2 Å². The van der Waals surface area contributed by atoms with Crippen molar-refractivity contribution in [1.82, 2.24) is 10.2 Å². The lowest BCUT2D eigenvalue weighted by Crippen LogP contribution is -2.31. The van der Waals surface area contributed by atoms with Gasteiger partial charge in [0.2, 0.25) is 0 Å². The van der Waals surface area contributed by atoms with Crippen LogP contribution < -0.4 is 5.32 Å². The number of methoxy groups -OCH3 is 1. The van der Waals surface area contributed by atoms with E-state index in [1.165, 1.54) is 11.1 Å². The summed E-state index contributed by atoms with van der Waals surface area (Å²) in [6, 6.07) is 9.06. The Morgan fingerprint density at radius 3 is 2.58 bits per heavy atom. The SMILES string of the molecule is CCN(CCOC)CCC(NC)c1ccccc1C. The molecule has 0 aliphatic carbocycles. The minimum Gasteiger partial charge on any atom is -0.383 e. The van der Waals surface area contributed by atoms with E-state index in [9.17, 15) is 0 Å². The number of nitrogens with one attached hydrogen (secondary N) is 1. The molecule has 1 aromatic rings. The van der Waals surface area contributed by atoms with Gasteiger partial charge in [-0.2, -0.15) is 0 Å². The number of rotatable bonds is 9. The number of ether oxygens (including phenoxy) is 1. The van der Waals surface area contributed by atoms with Crippen molar-refractivity contribution in [3.63, 3.8) is 0 Å². The van der Waals surface area contributed by atoms with Gasteiger partial charge in [0.05, 0.1) is 6.61 Å². The van der Waals surface area contributed by atoms with E-state index >= 15 is 0 Å². The summed E-state index contributed by atoms with van der Waals surface area (Å²) < 4.78 is 5.15. The molecule has 1 rings (SSSR count). The highest BCUT2D eigenvalue weighted by Gasteiger charge is 2.12. The topological polar surface area (TPSA) is 24.5 Å². The lowest BCUT2D eigenvalue weighted by molar-refractivity contribution is 0.148. The van der Waals surface area contributed by atoms with Crippen LogP contribution in [0, 0.1) is 6.92 Å². The van der Waals surface area contributed by atoms with E-state index in [1.807, 2.05) is 7.05 Å². The quantitative estimate of drug-likeness (QED) is 0.742. The molecule has 0 aliphatic heterocycles. The molecule has 1 unspecified atom stereocenters. The predicted molar refractivity (Wildman–Crippen MR) is 81.6 cm³/mol. The normalized spacial score (nSPS) is 12.9. The molecule has 0 aromatic heterocycles. The second kappa shape index (κ2) is 9.08. The molecule has 0 fully saturated rings. The van der Waals surface area contributed by atoms with Crippen LogP contribution in [-0.4, -0.2) is 45.3 Å². The van der Waals surface area contributed by atoms with Crippen LogP contribution >= 0.6 is 0 Å². The smallest absolute Gasteiger partial charge is 0.0589 e. The molecule has 1 aromatic carbocycles. The monoisotopic (exact) mass is 264 g/mol. The van der Waals surface area contributed by atoms with Crippen molar-refractivity contribution < 1.29 is 4.74 Å². The predicted octanol–water partition coefficient (Wildman–Crippen LogP) is 2.61. The fourth-order valence-corrected chi connectivity index (χ4v) is 2.39. The Labute approximate surface area is 118 Å². The highest BCUT2D eigenvalue weighted by atomic mass is 16.5. The molecule has 0 saturated carbocycles. The summed E-state index contributed by atoms with van der Waals surface area (Å²) in [5, 5.41) is 3.44. The first kappa shape index (κ1) is 16.2. The average molecular weight is 264 g/mol. The van der Waals surface area contributed by atoms with Gasteiger partial charge in [0.1, 0.15) is 0 Å². The van der Waals surface area contributed by atoms with Crippen molar-refractivity contribution in [2.75, 3.05) is 40.4 Å². The summed E-state index contributed by atoms with van der Waals surface area (Å²) >= 11 is 0. The molecule has 0 radical (unpaired) electrons. The summed E-state index contributed by atoms with van der Waals surface area (Å²) in [5.74, 6) is 0. The van der Waals surface area contributed by atoms with Crippen LogP contribution in [0.25, 0.3) is 0 Å². The lowest BCUT2D eigenvalue weighted by Gasteiger charge is -2.24. The summed E-state index contributed by atoms with van der Waals surface area (Å²) in [5.41, 5.74) is 2.77. The first-order valence-corrected chi connectivity index (χ1v) is 7.17. The van der Waals surface area contributed by atoms with Crippen LogP contribution in [0.5, 0.6) is 0 Å². The zero-order valence-electron chi connectivity index (χ0n) is 12.8. The van der Waals surface area contributed by atoms with E-state index in [0.717, 1.165) is 32.7 Å². The van der Waals surface area contributed by atoms with Gasteiger partial charge in [0.25, 0.3) is 0 Å². The van der Waals surface area contributed by atoms with Gasteiger partial charge in [0.15, 0.2) is 0 Å². The van der Waals surface area contributed by atoms with Crippen LogP contribution in [0.4, 0.5) is 0 Å². The van der Waals surface area contributed by atoms with Crippen molar-refractivity contribution in [3.8, 4) is 0 Å². The van der Waals surface area contributed by atoms with Crippen molar-refractivity contribution in [2.24, 2.45) is 0 Å². The third kappa shape index (κ3) is 5.31.